The Morgan fingerprint density at radius 2 is 1.57 bits per heavy atom. The molecule has 1 nitrogen and oxygen atoms in total. The topological polar surface area (TPSA) is 12.0 Å². The molecule has 1 unspecified atom stereocenters. The van der Waals surface area contributed by atoms with Crippen LogP contribution in [0.5, 0.6) is 0 Å². The van der Waals surface area contributed by atoms with Crippen molar-refractivity contribution in [3.8, 4) is 0 Å². The largest absolute Gasteiger partial charge is 0.306 e. The number of halogens is 1. The molecule has 0 fully saturated rings. The predicted molar refractivity (Wildman–Crippen MR) is 92.4 cm³/mol. The highest BCUT2D eigenvalue weighted by atomic mass is 35.5. The van der Waals surface area contributed by atoms with Crippen molar-refractivity contribution in [3.63, 3.8) is 0 Å². The zero-order valence-electron chi connectivity index (χ0n) is 13.5. The molecule has 0 radical (unpaired) electrons. The van der Waals surface area contributed by atoms with Crippen LogP contribution in [0.15, 0.2) is 30.3 Å². The van der Waals surface area contributed by atoms with E-state index in [1.165, 1.54) is 27.8 Å². The van der Waals surface area contributed by atoms with Gasteiger partial charge in [0.25, 0.3) is 0 Å². The maximum Gasteiger partial charge on any atom is 0.0596 e. The Bertz CT molecular complexity index is 620. The standard InChI is InChI=1S/C19H24ClN/c1-6-21-19(16-9-7-8-10-17(16)20)18-14(4)12(2)11-13(3)15(18)5/h7-11,19,21H,6H2,1-5H3. The van der Waals surface area contributed by atoms with Gasteiger partial charge in [0.2, 0.25) is 0 Å². The van der Waals surface area contributed by atoms with E-state index >= 15 is 0 Å². The molecule has 2 heteroatoms. The summed E-state index contributed by atoms with van der Waals surface area (Å²) < 4.78 is 0. The van der Waals surface area contributed by atoms with E-state index in [0.29, 0.717) is 0 Å². The van der Waals surface area contributed by atoms with Crippen LogP contribution in [0.4, 0.5) is 0 Å². The first kappa shape index (κ1) is 16.1. The summed E-state index contributed by atoms with van der Waals surface area (Å²) >= 11 is 6.45. The minimum Gasteiger partial charge on any atom is -0.306 e. The number of benzene rings is 2. The van der Waals surface area contributed by atoms with Crippen molar-refractivity contribution in [2.24, 2.45) is 0 Å². The molecule has 1 N–H and O–H groups in total. The van der Waals surface area contributed by atoms with Crippen molar-refractivity contribution in [2.75, 3.05) is 6.54 Å². The van der Waals surface area contributed by atoms with Gasteiger partial charge in [-0.3, -0.25) is 0 Å². The van der Waals surface area contributed by atoms with Crippen molar-refractivity contribution < 1.29 is 0 Å². The summed E-state index contributed by atoms with van der Waals surface area (Å²) in [5.41, 5.74) is 7.89. The third-order valence-corrected chi connectivity index (χ3v) is 4.68. The fraction of sp³-hybridized carbons (Fsp3) is 0.368. The van der Waals surface area contributed by atoms with Crippen LogP contribution >= 0.6 is 11.6 Å². The number of hydrogen-bond donors (Lipinski definition) is 1. The maximum absolute atomic E-state index is 6.45. The molecule has 0 aromatic heterocycles. The van der Waals surface area contributed by atoms with Crippen LogP contribution in [0.2, 0.25) is 5.02 Å². The summed E-state index contributed by atoms with van der Waals surface area (Å²) in [7, 11) is 0. The predicted octanol–water partition coefficient (Wildman–Crippen LogP) is 5.27. The molecule has 0 spiro atoms. The Balaban J connectivity index is 2.67. The number of aryl methyl sites for hydroxylation is 2. The van der Waals surface area contributed by atoms with Crippen LogP contribution in [-0.4, -0.2) is 6.54 Å². The average Bonchev–Trinajstić information content (AvgIpc) is 2.45. The molecule has 0 heterocycles. The maximum atomic E-state index is 6.45. The van der Waals surface area contributed by atoms with E-state index in [9.17, 15) is 0 Å². The van der Waals surface area contributed by atoms with Crippen LogP contribution < -0.4 is 5.32 Å². The summed E-state index contributed by atoms with van der Waals surface area (Å²) in [6.07, 6.45) is 0. The minimum atomic E-state index is 0.141. The molecule has 2 aromatic carbocycles. The Morgan fingerprint density at radius 3 is 2.10 bits per heavy atom. The van der Waals surface area contributed by atoms with E-state index in [0.717, 1.165) is 17.1 Å². The molecule has 0 saturated carbocycles. The minimum absolute atomic E-state index is 0.141. The molecular weight excluding hydrogens is 278 g/mol. The SMILES string of the molecule is CCNC(c1ccccc1Cl)c1c(C)c(C)cc(C)c1C. The highest BCUT2D eigenvalue weighted by molar-refractivity contribution is 6.31. The average molecular weight is 302 g/mol. The van der Waals surface area contributed by atoms with Crippen molar-refractivity contribution in [2.45, 2.75) is 40.7 Å². The van der Waals surface area contributed by atoms with Gasteiger partial charge in [0, 0.05) is 5.02 Å². The lowest BCUT2D eigenvalue weighted by Crippen LogP contribution is -2.24. The van der Waals surface area contributed by atoms with E-state index < -0.39 is 0 Å². The van der Waals surface area contributed by atoms with Gasteiger partial charge in [0.15, 0.2) is 0 Å². The van der Waals surface area contributed by atoms with Crippen LogP contribution in [0.1, 0.15) is 46.3 Å². The number of nitrogens with one attached hydrogen (secondary N) is 1. The first-order chi connectivity index (χ1) is 9.97. The van der Waals surface area contributed by atoms with Gasteiger partial charge in [0.1, 0.15) is 0 Å². The van der Waals surface area contributed by atoms with Crippen LogP contribution in [-0.2, 0) is 0 Å². The molecule has 112 valence electrons. The Kier molecular flexibility index (Phi) is 5.08. The van der Waals surface area contributed by atoms with Gasteiger partial charge in [-0.2, -0.15) is 0 Å². The summed E-state index contributed by atoms with van der Waals surface area (Å²) in [5.74, 6) is 0. The molecule has 0 bridgehead atoms. The fourth-order valence-electron chi connectivity index (χ4n) is 2.96. The first-order valence-corrected chi connectivity index (χ1v) is 7.90. The van der Waals surface area contributed by atoms with Gasteiger partial charge in [-0.25, -0.2) is 0 Å². The molecule has 0 aliphatic rings. The van der Waals surface area contributed by atoms with Gasteiger partial charge in [0.05, 0.1) is 6.04 Å². The molecule has 21 heavy (non-hydrogen) atoms. The summed E-state index contributed by atoms with van der Waals surface area (Å²) in [4.78, 5) is 0. The second-order valence-corrected chi connectivity index (χ2v) is 6.09. The molecular formula is C19H24ClN. The van der Waals surface area contributed by atoms with Gasteiger partial charge < -0.3 is 5.32 Å². The summed E-state index contributed by atoms with van der Waals surface area (Å²) in [6.45, 7) is 11.8. The molecule has 0 aliphatic carbocycles. The third-order valence-electron chi connectivity index (χ3n) is 4.34. The van der Waals surface area contributed by atoms with E-state index in [-0.39, 0.29) is 6.04 Å². The highest BCUT2D eigenvalue weighted by Crippen LogP contribution is 2.34. The smallest absolute Gasteiger partial charge is 0.0596 e. The van der Waals surface area contributed by atoms with Gasteiger partial charge in [-0.05, 0) is 73.7 Å². The van der Waals surface area contributed by atoms with Crippen molar-refractivity contribution in [3.05, 3.63) is 68.7 Å². The van der Waals surface area contributed by atoms with Crippen LogP contribution in [0, 0.1) is 27.7 Å². The zero-order chi connectivity index (χ0) is 15.6. The lowest BCUT2D eigenvalue weighted by molar-refractivity contribution is 0.623. The van der Waals surface area contributed by atoms with E-state index in [1.807, 2.05) is 12.1 Å². The molecule has 0 amide bonds. The lowest BCUT2D eigenvalue weighted by atomic mass is 9.86. The normalized spacial score (nSPS) is 12.5. The quantitative estimate of drug-likeness (QED) is 0.811. The monoisotopic (exact) mass is 301 g/mol. The second-order valence-electron chi connectivity index (χ2n) is 5.69. The molecule has 1 atom stereocenters. The first-order valence-electron chi connectivity index (χ1n) is 7.52. The third kappa shape index (κ3) is 3.14. The van der Waals surface area contributed by atoms with Crippen LogP contribution in [0.25, 0.3) is 0 Å². The molecule has 2 rings (SSSR count). The van der Waals surface area contributed by atoms with Gasteiger partial charge >= 0.3 is 0 Å². The second kappa shape index (κ2) is 6.64. The number of rotatable bonds is 4. The van der Waals surface area contributed by atoms with E-state index in [4.69, 9.17) is 11.6 Å². The summed E-state index contributed by atoms with van der Waals surface area (Å²) in [6, 6.07) is 10.5. The molecule has 0 saturated heterocycles. The van der Waals surface area contributed by atoms with E-state index in [1.54, 1.807) is 0 Å². The Labute approximate surface area is 133 Å². The van der Waals surface area contributed by atoms with Crippen molar-refractivity contribution >= 4 is 11.6 Å². The molecule has 0 aliphatic heterocycles. The molecule has 2 aromatic rings. The number of hydrogen-bond acceptors (Lipinski definition) is 1. The fourth-order valence-corrected chi connectivity index (χ4v) is 3.21. The van der Waals surface area contributed by atoms with Gasteiger partial charge in [-0.1, -0.05) is 42.8 Å². The Morgan fingerprint density at radius 1 is 1.00 bits per heavy atom. The van der Waals surface area contributed by atoms with Crippen molar-refractivity contribution in [1.82, 2.24) is 5.32 Å². The summed E-state index contributed by atoms with van der Waals surface area (Å²) in [5, 5.41) is 4.43. The van der Waals surface area contributed by atoms with Crippen LogP contribution in [0.3, 0.4) is 0 Å². The highest BCUT2D eigenvalue weighted by Gasteiger charge is 2.21. The zero-order valence-corrected chi connectivity index (χ0v) is 14.3. The Hall–Kier alpha value is -1.31. The lowest BCUT2D eigenvalue weighted by Gasteiger charge is -2.26. The van der Waals surface area contributed by atoms with E-state index in [2.05, 4.69) is 58.1 Å². The van der Waals surface area contributed by atoms with Crippen molar-refractivity contribution in [1.29, 1.82) is 0 Å². The van der Waals surface area contributed by atoms with Gasteiger partial charge in [-0.15, -0.1) is 0 Å².